The third kappa shape index (κ3) is 4.25. The molecule has 0 fully saturated rings. The van der Waals surface area contributed by atoms with E-state index in [9.17, 15) is 4.79 Å². The molecule has 0 aliphatic heterocycles. The molecule has 0 N–H and O–H groups in total. The Morgan fingerprint density at radius 2 is 2.00 bits per heavy atom. The molecular weight excluding hydrogens is 111 g/mol. The summed E-state index contributed by atoms with van der Waals surface area (Å²) < 4.78 is 0. The van der Waals surface area contributed by atoms with Crippen LogP contribution in [0.5, 0.6) is 0 Å². The lowest BCUT2D eigenvalue weighted by Crippen LogP contribution is -2.06. The highest BCUT2D eigenvalue weighted by Gasteiger charge is 2.07. The van der Waals surface area contributed by atoms with E-state index >= 15 is 0 Å². The van der Waals surface area contributed by atoms with Gasteiger partial charge in [0.05, 0.1) is 7.85 Å². The van der Waals surface area contributed by atoms with Crippen LogP contribution >= 0.6 is 0 Å². The number of carbonyl (C=O) groups excluding carboxylic acids is 1. The zero-order chi connectivity index (χ0) is 7.44. The van der Waals surface area contributed by atoms with E-state index in [1.807, 2.05) is 0 Å². The van der Waals surface area contributed by atoms with Gasteiger partial charge in [0.15, 0.2) is 0 Å². The topological polar surface area (TPSA) is 17.1 Å². The van der Waals surface area contributed by atoms with Crippen molar-refractivity contribution in [2.75, 3.05) is 0 Å². The minimum Gasteiger partial charge on any atom is -0.301 e. The molecule has 0 saturated carbocycles. The molecule has 0 saturated heterocycles. The first-order chi connectivity index (χ1) is 4.04. The Morgan fingerprint density at radius 1 is 1.56 bits per heavy atom. The lowest BCUT2D eigenvalue weighted by atomic mass is 9.78. The summed E-state index contributed by atoms with van der Waals surface area (Å²) in [6, 6.07) is 0. The highest BCUT2D eigenvalue weighted by molar-refractivity contribution is 6.23. The number of rotatable bonds is 3. The van der Waals surface area contributed by atoms with Gasteiger partial charge in [-0.1, -0.05) is 13.8 Å². The van der Waals surface area contributed by atoms with Crippen molar-refractivity contribution in [1.29, 1.82) is 0 Å². The molecule has 0 bridgehead atoms. The Kier molecular flexibility index (Phi) is 3.59. The van der Waals surface area contributed by atoms with E-state index in [0.29, 0.717) is 5.92 Å². The molecule has 0 aromatic carbocycles. The minimum absolute atomic E-state index is 0.0868. The van der Waals surface area contributed by atoms with Gasteiger partial charge < -0.3 is 4.79 Å². The first kappa shape index (κ1) is 8.73. The van der Waals surface area contributed by atoms with Crippen LogP contribution in [0.25, 0.3) is 0 Å². The predicted octanol–water partition coefficient (Wildman–Crippen LogP) is 1.58. The summed E-state index contributed by atoms with van der Waals surface area (Å²) in [5.74, 6) is 0.359. The van der Waals surface area contributed by atoms with E-state index < -0.39 is 0 Å². The highest BCUT2D eigenvalue weighted by Crippen LogP contribution is 2.13. The second-order valence-electron chi connectivity index (χ2n) is 2.85. The van der Waals surface area contributed by atoms with E-state index in [0.717, 1.165) is 6.42 Å². The van der Waals surface area contributed by atoms with Crippen molar-refractivity contribution in [3.63, 3.8) is 0 Å². The molecule has 9 heavy (non-hydrogen) atoms. The molecular formula is C7H13BO. The summed E-state index contributed by atoms with van der Waals surface area (Å²) in [7, 11) is 5.47. The molecule has 2 heteroatoms. The maximum atomic E-state index is 10.6. The molecule has 0 aromatic rings. The van der Waals surface area contributed by atoms with E-state index in [-0.39, 0.29) is 11.6 Å². The molecule has 0 aliphatic carbocycles. The Hall–Kier alpha value is -0.265. The van der Waals surface area contributed by atoms with Crippen LogP contribution in [-0.4, -0.2) is 13.6 Å². The average Bonchev–Trinajstić information content (AvgIpc) is 1.63. The molecule has 1 atom stereocenters. The molecule has 0 amide bonds. The Balaban J connectivity index is 3.50. The first-order valence-electron chi connectivity index (χ1n) is 3.30. The van der Waals surface area contributed by atoms with Gasteiger partial charge in [-0.2, -0.15) is 0 Å². The molecule has 2 radical (unpaired) electrons. The molecule has 0 aromatic heterocycles. The fourth-order valence-electron chi connectivity index (χ4n) is 0.674. The third-order valence-electron chi connectivity index (χ3n) is 1.25. The van der Waals surface area contributed by atoms with E-state index in [4.69, 9.17) is 7.85 Å². The van der Waals surface area contributed by atoms with Gasteiger partial charge in [0.2, 0.25) is 0 Å². The van der Waals surface area contributed by atoms with Crippen molar-refractivity contribution < 1.29 is 4.79 Å². The van der Waals surface area contributed by atoms with Gasteiger partial charge in [-0.05, 0) is 25.1 Å². The highest BCUT2D eigenvalue weighted by atomic mass is 16.1. The van der Waals surface area contributed by atoms with Crippen LogP contribution in [0.15, 0.2) is 0 Å². The van der Waals surface area contributed by atoms with Gasteiger partial charge in [0.1, 0.15) is 5.78 Å². The molecule has 50 valence electrons. The van der Waals surface area contributed by atoms with Crippen molar-refractivity contribution in [3.8, 4) is 0 Å². The van der Waals surface area contributed by atoms with Gasteiger partial charge in [0.25, 0.3) is 0 Å². The molecule has 0 rings (SSSR count). The Labute approximate surface area is 58.2 Å². The maximum Gasteiger partial charge on any atom is 0.124 e. The molecule has 1 nitrogen and oxygen atoms in total. The van der Waals surface area contributed by atoms with Crippen LogP contribution in [0.4, 0.5) is 0 Å². The van der Waals surface area contributed by atoms with Crippen LogP contribution in [0.1, 0.15) is 27.2 Å². The van der Waals surface area contributed by atoms with E-state index in [2.05, 4.69) is 13.8 Å². The van der Waals surface area contributed by atoms with Crippen molar-refractivity contribution in [1.82, 2.24) is 0 Å². The van der Waals surface area contributed by atoms with Gasteiger partial charge in [-0.25, -0.2) is 0 Å². The van der Waals surface area contributed by atoms with Crippen LogP contribution < -0.4 is 0 Å². The summed E-state index contributed by atoms with van der Waals surface area (Å²) in [6.45, 7) is 5.65. The monoisotopic (exact) mass is 124 g/mol. The molecule has 0 heterocycles. The summed E-state index contributed by atoms with van der Waals surface area (Å²) in [5, 5.41) is 0. The third-order valence-corrected chi connectivity index (χ3v) is 1.25. The van der Waals surface area contributed by atoms with Gasteiger partial charge in [-0.3, -0.25) is 0 Å². The summed E-state index contributed by atoms with van der Waals surface area (Å²) in [6.07, 6.45) is 0.801. The normalized spacial score (nSPS) is 13.8. The fourth-order valence-corrected chi connectivity index (χ4v) is 0.674. The predicted molar refractivity (Wildman–Crippen MR) is 39.6 cm³/mol. The number of ketones is 1. The van der Waals surface area contributed by atoms with Crippen molar-refractivity contribution in [3.05, 3.63) is 0 Å². The lowest BCUT2D eigenvalue weighted by Gasteiger charge is -2.09. The average molecular weight is 124 g/mol. The van der Waals surface area contributed by atoms with Crippen LogP contribution in [0, 0.1) is 5.92 Å². The van der Waals surface area contributed by atoms with Crippen molar-refractivity contribution in [2.45, 2.75) is 33.0 Å². The second kappa shape index (κ2) is 3.70. The van der Waals surface area contributed by atoms with Crippen LogP contribution in [0.2, 0.25) is 5.82 Å². The number of hydrogen-bond donors (Lipinski definition) is 0. The van der Waals surface area contributed by atoms with Gasteiger partial charge >= 0.3 is 0 Å². The van der Waals surface area contributed by atoms with Crippen LogP contribution in [-0.2, 0) is 4.79 Å². The van der Waals surface area contributed by atoms with E-state index in [1.54, 1.807) is 0 Å². The molecule has 0 aliphatic rings. The lowest BCUT2D eigenvalue weighted by molar-refractivity contribution is -0.117. The van der Waals surface area contributed by atoms with Crippen LogP contribution in [0.3, 0.4) is 0 Å². The summed E-state index contributed by atoms with van der Waals surface area (Å²) >= 11 is 0. The maximum absolute atomic E-state index is 10.6. The minimum atomic E-state index is -0.245. The summed E-state index contributed by atoms with van der Waals surface area (Å²) in [5.41, 5.74) is 0. The molecule has 1 unspecified atom stereocenters. The first-order valence-corrected chi connectivity index (χ1v) is 3.30. The van der Waals surface area contributed by atoms with Gasteiger partial charge in [-0.15, -0.1) is 0 Å². The SMILES string of the molecule is [B]C(CC(C)C)C(C)=O. The smallest absolute Gasteiger partial charge is 0.124 e. The zero-order valence-electron chi connectivity index (χ0n) is 6.35. The van der Waals surface area contributed by atoms with Crippen molar-refractivity contribution in [2.24, 2.45) is 5.92 Å². The largest absolute Gasteiger partial charge is 0.301 e. The summed E-state index contributed by atoms with van der Waals surface area (Å²) in [4.78, 5) is 10.6. The van der Waals surface area contributed by atoms with E-state index in [1.165, 1.54) is 6.92 Å². The fraction of sp³-hybridized carbons (Fsp3) is 0.857. The molecule has 0 spiro atoms. The standard InChI is InChI=1S/C7H13BO/c1-5(2)4-7(8)6(3)9/h5,7H,4H2,1-3H3. The second-order valence-corrected chi connectivity index (χ2v) is 2.85. The Bertz CT molecular complexity index is 99.1. The van der Waals surface area contributed by atoms with Crippen molar-refractivity contribution >= 4 is 13.6 Å². The number of carbonyl (C=O) groups is 1. The quantitative estimate of drug-likeness (QED) is 0.522. The Morgan fingerprint density at radius 3 is 2.11 bits per heavy atom. The number of hydrogen-bond acceptors (Lipinski definition) is 1. The van der Waals surface area contributed by atoms with Gasteiger partial charge in [0, 0.05) is 0 Å². The number of Topliss-reactive ketones (excluding diaryl/α,β-unsaturated/α-hetero) is 1. The zero-order valence-corrected chi connectivity index (χ0v) is 6.35.